The molecule has 0 radical (unpaired) electrons. The van der Waals surface area contributed by atoms with Crippen molar-refractivity contribution in [3.8, 4) is 22.5 Å². The number of amides is 3. The molecule has 2 fully saturated rings. The minimum Gasteiger partial charge on any atom is -0.444 e. The highest BCUT2D eigenvalue weighted by Crippen LogP contribution is 2.30. The number of aromatic amines is 1. The van der Waals surface area contributed by atoms with Crippen LogP contribution in [0.3, 0.4) is 0 Å². The lowest BCUT2D eigenvalue weighted by Gasteiger charge is -2.29. The van der Waals surface area contributed by atoms with Gasteiger partial charge in [-0.05, 0) is 123 Å². The van der Waals surface area contributed by atoms with Crippen LogP contribution in [0.4, 0.5) is 16.2 Å². The summed E-state index contributed by atoms with van der Waals surface area (Å²) in [6.45, 7) is 11.3. The quantitative estimate of drug-likeness (QED) is 0.153. The molecule has 53 heavy (non-hydrogen) atoms. The third-order valence-corrected chi connectivity index (χ3v) is 9.88. The Bertz CT molecular complexity index is 1830. The number of hydrogen-bond acceptors (Lipinski definition) is 9. The number of aryl methyl sites for hydroxylation is 1. The Morgan fingerprint density at radius 3 is 2.25 bits per heavy atom. The Morgan fingerprint density at radius 2 is 1.60 bits per heavy atom. The molecule has 1 aliphatic carbocycles. The van der Waals surface area contributed by atoms with Crippen molar-refractivity contribution in [3.63, 3.8) is 0 Å². The Kier molecular flexibility index (Phi) is 12.0. The van der Waals surface area contributed by atoms with Crippen molar-refractivity contribution in [2.45, 2.75) is 71.4 Å². The highest BCUT2D eigenvalue weighted by atomic mass is 16.6. The number of carbonyl (C=O) groups excluding carboxylic acids is 3. The first kappa shape index (κ1) is 37.5. The van der Waals surface area contributed by atoms with Crippen molar-refractivity contribution in [2.75, 3.05) is 43.1 Å². The third-order valence-electron chi connectivity index (χ3n) is 9.88. The van der Waals surface area contributed by atoms with Gasteiger partial charge in [-0.3, -0.25) is 9.59 Å². The van der Waals surface area contributed by atoms with Crippen LogP contribution >= 0.6 is 0 Å². The monoisotopic (exact) mass is 722 g/mol. The molecule has 1 saturated heterocycles. The lowest BCUT2D eigenvalue weighted by atomic mass is 9.81. The second kappa shape index (κ2) is 17.0. The third kappa shape index (κ3) is 10.4. The molecule has 6 rings (SSSR count). The molecular weight excluding hydrogens is 672 g/mol. The maximum atomic E-state index is 13.9. The summed E-state index contributed by atoms with van der Waals surface area (Å²) < 4.78 is 10.9. The van der Waals surface area contributed by atoms with E-state index in [4.69, 9.17) is 9.47 Å². The maximum Gasteiger partial charge on any atom is 0.407 e. The van der Waals surface area contributed by atoms with Crippen LogP contribution in [0.5, 0.6) is 0 Å². The van der Waals surface area contributed by atoms with Crippen LogP contribution in [-0.2, 0) is 25.5 Å². The average molecular weight is 723 g/mol. The Hall–Kier alpha value is -5.30. The van der Waals surface area contributed by atoms with Crippen molar-refractivity contribution in [3.05, 3.63) is 77.9 Å². The van der Waals surface area contributed by atoms with Crippen molar-refractivity contribution in [1.82, 2.24) is 31.3 Å². The van der Waals surface area contributed by atoms with Gasteiger partial charge in [-0.25, -0.2) is 4.79 Å². The van der Waals surface area contributed by atoms with E-state index in [-0.39, 0.29) is 23.7 Å². The van der Waals surface area contributed by atoms with Crippen molar-refractivity contribution in [2.24, 2.45) is 11.8 Å². The number of ether oxygens (including phenoxy) is 2. The lowest BCUT2D eigenvalue weighted by Crippen LogP contribution is -2.48. The van der Waals surface area contributed by atoms with Crippen LogP contribution in [0.15, 0.2) is 66.7 Å². The van der Waals surface area contributed by atoms with Crippen LogP contribution in [0.1, 0.15) is 57.6 Å². The number of carbonyl (C=O) groups is 3. The zero-order valence-electron chi connectivity index (χ0n) is 31.0. The van der Waals surface area contributed by atoms with Crippen molar-refractivity contribution in [1.29, 1.82) is 0 Å². The number of benzene rings is 3. The summed E-state index contributed by atoms with van der Waals surface area (Å²) in [4.78, 5) is 42.1. The van der Waals surface area contributed by atoms with Gasteiger partial charge < -0.3 is 30.3 Å². The zero-order valence-corrected chi connectivity index (χ0v) is 31.0. The molecule has 2 aliphatic rings. The van der Waals surface area contributed by atoms with E-state index in [0.717, 1.165) is 67.0 Å². The van der Waals surface area contributed by atoms with Gasteiger partial charge in [0.2, 0.25) is 17.6 Å². The van der Waals surface area contributed by atoms with E-state index in [0.29, 0.717) is 37.3 Å². The topological polar surface area (TPSA) is 163 Å². The number of aromatic nitrogens is 4. The minimum absolute atomic E-state index is 0.134. The van der Waals surface area contributed by atoms with E-state index < -0.39 is 17.7 Å². The Morgan fingerprint density at radius 1 is 0.925 bits per heavy atom. The maximum absolute atomic E-state index is 13.9. The summed E-state index contributed by atoms with van der Waals surface area (Å²) in [7, 11) is 0. The van der Waals surface area contributed by atoms with Gasteiger partial charge in [-0.15, -0.1) is 10.2 Å². The number of H-pyrrole nitrogens is 1. The summed E-state index contributed by atoms with van der Waals surface area (Å²) in [6.07, 6.45) is 2.85. The van der Waals surface area contributed by atoms with Gasteiger partial charge in [-0.1, -0.05) is 30.3 Å². The molecule has 0 spiro atoms. The molecule has 280 valence electrons. The van der Waals surface area contributed by atoms with Crippen LogP contribution in [-0.4, -0.2) is 83.0 Å². The predicted octanol–water partition coefficient (Wildman–Crippen LogP) is 5.68. The highest BCUT2D eigenvalue weighted by molar-refractivity contribution is 5.98. The molecule has 0 unspecified atom stereocenters. The standard InChI is InChI=1S/C40H50N8O5/c1-26-23-32(28-13-17-34(18-14-28)48-19-21-52-22-20-48)10-9-31(26)24-35(38(50)42-33-15-11-29(12-16-33)36-44-46-47-45-36)43-37(49)30-7-5-27(6-8-30)25-41-39(51)53-40(2,3)4/h9-18,23,27,30,35H,5-8,19-22,24-25H2,1-4H3,(H,41,51)(H,42,50)(H,43,49)(H,44,45,46,47)/t27?,30?,35-/m0/s1. The molecule has 3 aromatic carbocycles. The number of nitrogens with one attached hydrogen (secondary N) is 4. The SMILES string of the molecule is Cc1cc(-c2ccc(N3CCOCC3)cc2)ccc1C[C@H](NC(=O)C1CCC(CNC(=O)OC(C)(C)C)CC1)C(=O)Nc1ccc(-c2nn[nH]n2)cc1. The molecule has 0 bridgehead atoms. The molecule has 1 aromatic heterocycles. The van der Waals surface area contributed by atoms with Gasteiger partial charge >= 0.3 is 6.09 Å². The fourth-order valence-corrected chi connectivity index (χ4v) is 6.90. The molecule has 1 aliphatic heterocycles. The lowest BCUT2D eigenvalue weighted by molar-refractivity contribution is -0.130. The number of nitrogens with zero attached hydrogens (tertiary/aromatic N) is 4. The molecule has 13 heteroatoms. The van der Waals surface area contributed by atoms with E-state index in [2.05, 4.69) is 83.9 Å². The average Bonchev–Trinajstić information content (AvgIpc) is 3.70. The highest BCUT2D eigenvalue weighted by Gasteiger charge is 2.30. The largest absolute Gasteiger partial charge is 0.444 e. The Balaban J connectivity index is 1.12. The van der Waals surface area contributed by atoms with E-state index in [1.54, 1.807) is 24.3 Å². The normalized spacial score (nSPS) is 18.2. The van der Waals surface area contributed by atoms with Gasteiger partial charge in [0.1, 0.15) is 11.6 Å². The molecule has 4 aromatic rings. The summed E-state index contributed by atoms with van der Waals surface area (Å²) in [5.41, 5.74) is 6.18. The second-order valence-electron chi connectivity index (χ2n) is 15.0. The van der Waals surface area contributed by atoms with Crippen molar-refractivity contribution < 1.29 is 23.9 Å². The number of rotatable bonds is 11. The van der Waals surface area contributed by atoms with Gasteiger partial charge in [0, 0.05) is 48.9 Å². The molecule has 1 saturated carbocycles. The molecular formula is C40H50N8O5. The second-order valence-corrected chi connectivity index (χ2v) is 15.0. The summed E-state index contributed by atoms with van der Waals surface area (Å²) in [6, 6.07) is 21.2. The summed E-state index contributed by atoms with van der Waals surface area (Å²) >= 11 is 0. The summed E-state index contributed by atoms with van der Waals surface area (Å²) in [5.74, 6) is 0.0586. The number of hydrogen-bond donors (Lipinski definition) is 4. The molecule has 3 amide bonds. The zero-order chi connectivity index (χ0) is 37.4. The Labute approximate surface area is 310 Å². The van der Waals surface area contributed by atoms with Crippen LogP contribution in [0.2, 0.25) is 0 Å². The van der Waals surface area contributed by atoms with Crippen LogP contribution < -0.4 is 20.9 Å². The fourth-order valence-electron chi connectivity index (χ4n) is 6.90. The van der Waals surface area contributed by atoms with Gasteiger partial charge in [0.25, 0.3) is 0 Å². The minimum atomic E-state index is -0.803. The van der Waals surface area contributed by atoms with Gasteiger partial charge in [-0.2, -0.15) is 5.21 Å². The van der Waals surface area contributed by atoms with Gasteiger partial charge in [0.15, 0.2) is 0 Å². The van der Waals surface area contributed by atoms with Crippen LogP contribution in [0.25, 0.3) is 22.5 Å². The molecule has 13 nitrogen and oxygen atoms in total. The number of morpholine rings is 1. The number of tetrazole rings is 1. The molecule has 1 atom stereocenters. The smallest absolute Gasteiger partial charge is 0.407 e. The molecule has 2 heterocycles. The predicted molar refractivity (Wildman–Crippen MR) is 203 cm³/mol. The van der Waals surface area contributed by atoms with Crippen molar-refractivity contribution >= 4 is 29.3 Å². The van der Waals surface area contributed by atoms with E-state index in [1.807, 2.05) is 27.7 Å². The molecule has 4 N–H and O–H groups in total. The number of alkyl carbamates (subject to hydrolysis) is 1. The van der Waals surface area contributed by atoms with E-state index in [9.17, 15) is 14.4 Å². The fraction of sp³-hybridized carbons (Fsp3) is 0.450. The first-order valence-corrected chi connectivity index (χ1v) is 18.5. The first-order valence-electron chi connectivity index (χ1n) is 18.5. The van der Waals surface area contributed by atoms with E-state index >= 15 is 0 Å². The first-order chi connectivity index (χ1) is 25.5. The number of anilines is 2. The van der Waals surface area contributed by atoms with Crippen LogP contribution in [0, 0.1) is 18.8 Å². The van der Waals surface area contributed by atoms with E-state index in [1.165, 1.54) is 5.69 Å². The summed E-state index contributed by atoms with van der Waals surface area (Å²) in [5, 5.41) is 23.0. The van der Waals surface area contributed by atoms with Gasteiger partial charge in [0.05, 0.1) is 13.2 Å².